The maximum Gasteiger partial charge on any atom is 0.329 e. The normalized spacial score (nSPS) is 16.6. The summed E-state index contributed by atoms with van der Waals surface area (Å²) >= 11 is 0. The van der Waals surface area contributed by atoms with Crippen molar-refractivity contribution in [2.45, 2.75) is 57.6 Å². The lowest BCUT2D eigenvalue weighted by Gasteiger charge is -2.25. The largest absolute Gasteiger partial charge is 0.497 e. The second-order valence-corrected chi connectivity index (χ2v) is 6.61. The molecule has 0 aliphatic heterocycles. The molecule has 0 radical (unpaired) electrons. The highest BCUT2D eigenvalue weighted by Crippen LogP contribution is 2.34. The van der Waals surface area contributed by atoms with E-state index >= 15 is 0 Å². The minimum Gasteiger partial charge on any atom is -0.497 e. The number of benzene rings is 1. The van der Waals surface area contributed by atoms with E-state index < -0.39 is 0 Å². The molecule has 136 valence electrons. The molecule has 1 saturated carbocycles. The molecule has 1 atom stereocenters. The molecule has 0 bridgehead atoms. The summed E-state index contributed by atoms with van der Waals surface area (Å²) in [7, 11) is 3.27. The fourth-order valence-corrected chi connectivity index (χ4v) is 3.66. The third-order valence-electron chi connectivity index (χ3n) is 5.06. The van der Waals surface area contributed by atoms with Crippen molar-refractivity contribution in [2.75, 3.05) is 14.2 Å². The van der Waals surface area contributed by atoms with Gasteiger partial charge in [-0.15, -0.1) is 0 Å². The van der Waals surface area contributed by atoms with Crippen molar-refractivity contribution in [1.29, 1.82) is 0 Å². The van der Waals surface area contributed by atoms with Crippen molar-refractivity contribution in [2.24, 2.45) is 0 Å². The van der Waals surface area contributed by atoms with Crippen molar-refractivity contribution in [1.82, 2.24) is 4.57 Å². The highest BCUT2D eigenvalue weighted by Gasteiger charge is 2.26. The molecule has 0 amide bonds. The maximum absolute atomic E-state index is 12.8. The van der Waals surface area contributed by atoms with Crippen molar-refractivity contribution in [3.05, 3.63) is 24.4 Å². The van der Waals surface area contributed by atoms with Crippen LogP contribution in [0.2, 0.25) is 0 Å². The maximum atomic E-state index is 12.8. The second kappa shape index (κ2) is 7.81. The van der Waals surface area contributed by atoms with Crippen LogP contribution < -0.4 is 9.47 Å². The van der Waals surface area contributed by atoms with E-state index in [0.29, 0.717) is 12.2 Å². The predicted octanol–water partition coefficient (Wildman–Crippen LogP) is 4.49. The van der Waals surface area contributed by atoms with E-state index in [4.69, 9.17) is 14.2 Å². The van der Waals surface area contributed by atoms with Crippen molar-refractivity contribution >= 4 is 16.9 Å². The number of aromatic nitrogens is 1. The summed E-state index contributed by atoms with van der Waals surface area (Å²) in [5, 5.41) is 0.965. The van der Waals surface area contributed by atoms with Crippen LogP contribution in [0.1, 0.15) is 51.5 Å². The van der Waals surface area contributed by atoms with E-state index in [0.717, 1.165) is 42.3 Å². The van der Waals surface area contributed by atoms with Crippen LogP contribution in [-0.4, -0.2) is 30.9 Å². The molecule has 1 heterocycles. The number of carbonyl (C=O) groups excluding carboxylic acids is 1. The highest BCUT2D eigenvalue weighted by molar-refractivity contribution is 5.89. The highest BCUT2D eigenvalue weighted by atomic mass is 16.5. The van der Waals surface area contributed by atoms with Gasteiger partial charge in [0.05, 0.1) is 19.7 Å². The van der Waals surface area contributed by atoms with Crippen LogP contribution in [0.5, 0.6) is 11.5 Å². The van der Waals surface area contributed by atoms with Crippen LogP contribution >= 0.6 is 0 Å². The van der Waals surface area contributed by atoms with E-state index in [1.54, 1.807) is 14.2 Å². The summed E-state index contributed by atoms with van der Waals surface area (Å²) in [5.74, 6) is 1.30. The zero-order valence-electron chi connectivity index (χ0n) is 15.3. The molecule has 5 nitrogen and oxygen atoms in total. The first-order valence-electron chi connectivity index (χ1n) is 9.11. The fraction of sp³-hybridized carbons (Fsp3) is 0.550. The van der Waals surface area contributed by atoms with Crippen LogP contribution in [0.3, 0.4) is 0 Å². The monoisotopic (exact) mass is 345 g/mol. The average Bonchev–Trinajstić information content (AvgIpc) is 3.06. The van der Waals surface area contributed by atoms with E-state index in [1.807, 2.05) is 35.9 Å². The number of carbonyl (C=O) groups is 1. The third kappa shape index (κ3) is 3.60. The van der Waals surface area contributed by atoms with Gasteiger partial charge in [0.2, 0.25) is 0 Å². The predicted molar refractivity (Wildman–Crippen MR) is 97.3 cm³/mol. The molecular weight excluding hydrogens is 318 g/mol. The summed E-state index contributed by atoms with van der Waals surface area (Å²) < 4.78 is 18.6. The number of rotatable bonds is 6. The molecule has 1 fully saturated rings. The Morgan fingerprint density at radius 1 is 1.20 bits per heavy atom. The van der Waals surface area contributed by atoms with Crippen LogP contribution in [-0.2, 0) is 9.53 Å². The number of hydrogen-bond donors (Lipinski definition) is 0. The van der Waals surface area contributed by atoms with E-state index in [-0.39, 0.29) is 18.1 Å². The summed E-state index contributed by atoms with van der Waals surface area (Å²) in [6.45, 7) is 2.01. The quantitative estimate of drug-likeness (QED) is 0.724. The number of esters is 1. The van der Waals surface area contributed by atoms with Gasteiger partial charge in [0.25, 0.3) is 0 Å². The molecule has 1 aliphatic rings. The van der Waals surface area contributed by atoms with Crippen molar-refractivity contribution in [3.8, 4) is 11.5 Å². The van der Waals surface area contributed by atoms with Gasteiger partial charge in [0.15, 0.2) is 0 Å². The minimum atomic E-state index is -0.337. The van der Waals surface area contributed by atoms with Gasteiger partial charge in [0, 0.05) is 23.7 Å². The van der Waals surface area contributed by atoms with Gasteiger partial charge in [-0.3, -0.25) is 0 Å². The van der Waals surface area contributed by atoms with Gasteiger partial charge < -0.3 is 18.8 Å². The summed E-state index contributed by atoms with van der Waals surface area (Å²) in [6.07, 6.45) is 8.18. The Hall–Kier alpha value is -2.17. The fourth-order valence-electron chi connectivity index (χ4n) is 3.66. The SMILES string of the molecule is CCC(C(=O)OC1CCCCC1)n1ccc2c(OC)cc(OC)cc21. The van der Waals surface area contributed by atoms with Crippen molar-refractivity contribution < 1.29 is 19.0 Å². The number of ether oxygens (including phenoxy) is 3. The molecule has 1 unspecified atom stereocenters. The molecule has 1 aliphatic carbocycles. The first kappa shape index (κ1) is 17.6. The van der Waals surface area contributed by atoms with E-state index in [1.165, 1.54) is 6.42 Å². The number of hydrogen-bond acceptors (Lipinski definition) is 4. The lowest BCUT2D eigenvalue weighted by atomic mass is 9.98. The molecule has 5 heteroatoms. The Morgan fingerprint density at radius 2 is 1.96 bits per heavy atom. The van der Waals surface area contributed by atoms with Gasteiger partial charge in [0.1, 0.15) is 23.6 Å². The van der Waals surface area contributed by atoms with Gasteiger partial charge in [-0.25, -0.2) is 4.79 Å². The Labute approximate surface area is 148 Å². The van der Waals surface area contributed by atoms with Crippen molar-refractivity contribution in [3.63, 3.8) is 0 Å². The average molecular weight is 345 g/mol. The Kier molecular flexibility index (Phi) is 5.51. The van der Waals surface area contributed by atoms with Crippen LogP contribution in [0, 0.1) is 0 Å². The zero-order valence-corrected chi connectivity index (χ0v) is 15.3. The van der Waals surface area contributed by atoms with Gasteiger partial charge in [-0.1, -0.05) is 13.3 Å². The Morgan fingerprint density at radius 3 is 2.60 bits per heavy atom. The summed E-state index contributed by atoms with van der Waals surface area (Å²) in [6, 6.07) is 5.43. The molecule has 1 aromatic carbocycles. The molecule has 3 rings (SSSR count). The van der Waals surface area contributed by atoms with Gasteiger partial charge >= 0.3 is 5.97 Å². The zero-order chi connectivity index (χ0) is 17.8. The number of fused-ring (bicyclic) bond motifs is 1. The first-order valence-corrected chi connectivity index (χ1v) is 9.11. The Bertz CT molecular complexity index is 731. The first-order chi connectivity index (χ1) is 12.2. The molecule has 25 heavy (non-hydrogen) atoms. The molecule has 0 spiro atoms. The standard InChI is InChI=1S/C20H27NO4/c1-4-17(20(22)25-14-8-6-5-7-9-14)21-11-10-16-18(21)12-15(23-2)13-19(16)24-3/h10-14,17H,4-9H2,1-3H3. The van der Waals surface area contributed by atoms with Gasteiger partial charge in [-0.2, -0.15) is 0 Å². The molecular formula is C20H27NO4. The van der Waals surface area contributed by atoms with Crippen LogP contribution in [0.25, 0.3) is 10.9 Å². The van der Waals surface area contributed by atoms with E-state index in [9.17, 15) is 4.79 Å². The van der Waals surface area contributed by atoms with Gasteiger partial charge in [-0.05, 0) is 38.2 Å². The minimum absolute atomic E-state index is 0.0706. The Balaban J connectivity index is 1.90. The molecule has 1 aromatic heterocycles. The number of methoxy groups -OCH3 is 2. The molecule has 0 saturated heterocycles. The summed E-state index contributed by atoms with van der Waals surface area (Å²) in [5.41, 5.74) is 0.920. The topological polar surface area (TPSA) is 49.7 Å². The lowest BCUT2D eigenvalue weighted by Crippen LogP contribution is -2.27. The lowest BCUT2D eigenvalue weighted by molar-refractivity contribution is -0.154. The van der Waals surface area contributed by atoms with Crippen LogP contribution in [0.15, 0.2) is 24.4 Å². The smallest absolute Gasteiger partial charge is 0.329 e. The summed E-state index contributed by atoms with van der Waals surface area (Å²) in [4.78, 5) is 12.8. The molecule has 2 aromatic rings. The second-order valence-electron chi connectivity index (χ2n) is 6.61. The third-order valence-corrected chi connectivity index (χ3v) is 5.06. The van der Waals surface area contributed by atoms with E-state index in [2.05, 4.69) is 0 Å². The van der Waals surface area contributed by atoms with Crippen LogP contribution in [0.4, 0.5) is 0 Å². The molecule has 0 N–H and O–H groups in total. The number of nitrogens with zero attached hydrogens (tertiary/aromatic N) is 1.